The molecule has 5 heteroatoms. The highest BCUT2D eigenvalue weighted by Crippen LogP contribution is 2.22. The smallest absolute Gasteiger partial charge is 0.242 e. The van der Waals surface area contributed by atoms with Crippen molar-refractivity contribution in [1.82, 2.24) is 4.57 Å². The first kappa shape index (κ1) is 15.6. The molecule has 0 radical (unpaired) electrons. The molecule has 0 aliphatic heterocycles. The summed E-state index contributed by atoms with van der Waals surface area (Å²) < 4.78 is 2.60. The topological polar surface area (TPSA) is 56.1 Å². The molecule has 1 heterocycles. The van der Waals surface area contributed by atoms with Crippen molar-refractivity contribution in [2.75, 3.05) is 0 Å². The fourth-order valence-electron chi connectivity index (χ4n) is 2.55. The van der Waals surface area contributed by atoms with Gasteiger partial charge in [-0.25, -0.2) is 0 Å². The second kappa shape index (κ2) is 6.45. The molecule has 0 bridgehead atoms. The van der Waals surface area contributed by atoms with Crippen LogP contribution in [-0.4, -0.2) is 22.4 Å². The van der Waals surface area contributed by atoms with Crippen LogP contribution < -0.4 is 0 Å². The van der Waals surface area contributed by atoms with Crippen molar-refractivity contribution >= 4 is 51.2 Å². The molecule has 0 amide bonds. The number of aldehydes is 1. The predicted molar refractivity (Wildman–Crippen MR) is 95.8 cm³/mol. The molecule has 0 atom stereocenters. The minimum absolute atomic E-state index is 0.0180. The lowest BCUT2D eigenvalue weighted by molar-refractivity contribution is -0.104. The number of fused-ring (bicyclic) bond motifs is 1. The zero-order valence-electron chi connectivity index (χ0n) is 12.0. The van der Waals surface area contributed by atoms with E-state index in [0.29, 0.717) is 10.9 Å². The number of hydrogen-bond donors (Lipinski definition) is 0. The zero-order chi connectivity index (χ0) is 16.4. The first-order valence-corrected chi connectivity index (χ1v) is 8.04. The second-order valence-corrected chi connectivity index (χ2v) is 6.35. The van der Waals surface area contributed by atoms with E-state index in [9.17, 15) is 14.4 Å². The Kier molecular flexibility index (Phi) is 4.38. The maximum absolute atomic E-state index is 12.4. The lowest BCUT2D eigenvalue weighted by atomic mass is 10.1. The molecule has 1 aromatic heterocycles. The number of ketones is 2. The van der Waals surface area contributed by atoms with Crippen LogP contribution >= 0.6 is 22.6 Å². The molecule has 23 heavy (non-hydrogen) atoms. The molecule has 3 rings (SSSR count). The van der Waals surface area contributed by atoms with Crippen molar-refractivity contribution in [3.05, 3.63) is 69.6 Å². The van der Waals surface area contributed by atoms with Gasteiger partial charge in [-0.15, -0.1) is 0 Å². The molecule has 0 fully saturated rings. The first-order valence-electron chi connectivity index (χ1n) is 6.96. The van der Waals surface area contributed by atoms with Gasteiger partial charge in [0.2, 0.25) is 5.78 Å². The summed E-state index contributed by atoms with van der Waals surface area (Å²) in [4.78, 5) is 35.4. The van der Waals surface area contributed by atoms with E-state index in [1.54, 1.807) is 35.0 Å². The fourth-order valence-corrected chi connectivity index (χ4v) is 2.91. The largest absolute Gasteiger partial charge is 0.336 e. The van der Waals surface area contributed by atoms with Gasteiger partial charge in [-0.2, -0.15) is 0 Å². The molecular formula is C18H12INO3. The van der Waals surface area contributed by atoms with Crippen molar-refractivity contribution in [2.24, 2.45) is 0 Å². The number of rotatable bonds is 5. The van der Waals surface area contributed by atoms with Crippen molar-refractivity contribution in [1.29, 1.82) is 0 Å². The monoisotopic (exact) mass is 417 g/mol. The van der Waals surface area contributed by atoms with E-state index in [-0.39, 0.29) is 24.3 Å². The summed E-state index contributed by atoms with van der Waals surface area (Å²) in [5.41, 5.74) is 0.835. The van der Waals surface area contributed by atoms with E-state index >= 15 is 0 Å². The minimum Gasteiger partial charge on any atom is -0.336 e. The summed E-state index contributed by atoms with van der Waals surface area (Å²) in [7, 11) is 0. The van der Waals surface area contributed by atoms with E-state index < -0.39 is 5.78 Å². The maximum Gasteiger partial charge on any atom is 0.242 e. The summed E-state index contributed by atoms with van der Waals surface area (Å²) in [6, 6.07) is 14.5. The molecule has 2 aromatic carbocycles. The molecule has 0 N–H and O–H groups in total. The first-order chi connectivity index (χ1) is 11.1. The minimum atomic E-state index is -0.624. The van der Waals surface area contributed by atoms with Gasteiger partial charge < -0.3 is 4.57 Å². The number of carbonyl (C=O) groups excluding carboxylic acids is 3. The average molecular weight is 417 g/mol. The quantitative estimate of drug-likeness (QED) is 0.276. The van der Waals surface area contributed by atoms with Crippen molar-refractivity contribution in [3.8, 4) is 0 Å². The zero-order valence-corrected chi connectivity index (χ0v) is 14.2. The molecule has 0 spiro atoms. The van der Waals surface area contributed by atoms with E-state index in [0.717, 1.165) is 8.96 Å². The van der Waals surface area contributed by atoms with E-state index in [2.05, 4.69) is 22.6 Å². The Balaban J connectivity index is 2.02. The Hall–Kier alpha value is -2.28. The molecule has 114 valence electrons. The molecular weight excluding hydrogens is 405 g/mol. The van der Waals surface area contributed by atoms with Crippen LogP contribution in [-0.2, 0) is 11.3 Å². The Bertz CT molecular complexity index is 910. The highest BCUT2D eigenvalue weighted by atomic mass is 127. The molecule has 0 saturated carbocycles. The van der Waals surface area contributed by atoms with Crippen LogP contribution in [0.2, 0.25) is 0 Å². The third-order valence-corrected chi connectivity index (χ3v) is 4.34. The molecule has 0 aliphatic rings. The number of hydrogen-bond acceptors (Lipinski definition) is 3. The maximum atomic E-state index is 12.4. The third-order valence-electron chi connectivity index (χ3n) is 3.62. The van der Waals surface area contributed by atoms with Gasteiger partial charge in [0, 0.05) is 26.1 Å². The summed E-state index contributed by atoms with van der Waals surface area (Å²) in [6.45, 7) is 0.0180. The van der Waals surface area contributed by atoms with Crippen molar-refractivity contribution < 1.29 is 14.4 Å². The Morgan fingerprint density at radius 1 is 1.04 bits per heavy atom. The van der Waals surface area contributed by atoms with Crippen LogP contribution in [0.1, 0.15) is 20.8 Å². The highest BCUT2D eigenvalue weighted by molar-refractivity contribution is 14.1. The highest BCUT2D eigenvalue weighted by Gasteiger charge is 2.18. The van der Waals surface area contributed by atoms with E-state index in [1.165, 1.54) is 0 Å². The fraction of sp³-hybridized carbons (Fsp3) is 0.0556. The van der Waals surface area contributed by atoms with Crippen LogP contribution in [0, 0.1) is 3.57 Å². The van der Waals surface area contributed by atoms with Crippen LogP contribution in [0.25, 0.3) is 10.8 Å². The molecule has 0 aliphatic carbocycles. The standard InChI is InChI=1S/C18H12INO3/c19-14-7-5-12(6-8-14)16(22)10-20-9-13-3-1-2-4-15(13)18(20)17(23)11-21/h1-9,11H,10H2. The summed E-state index contributed by atoms with van der Waals surface area (Å²) in [5, 5.41) is 1.51. The molecule has 4 nitrogen and oxygen atoms in total. The number of carbonyl (C=O) groups is 3. The Labute approximate surface area is 146 Å². The summed E-state index contributed by atoms with van der Waals surface area (Å²) >= 11 is 2.17. The molecule has 0 unspecified atom stereocenters. The Morgan fingerprint density at radius 2 is 1.74 bits per heavy atom. The van der Waals surface area contributed by atoms with Gasteiger partial charge >= 0.3 is 0 Å². The summed E-state index contributed by atoms with van der Waals surface area (Å²) in [6.07, 6.45) is 2.02. The van der Waals surface area contributed by atoms with Crippen LogP contribution in [0.5, 0.6) is 0 Å². The van der Waals surface area contributed by atoms with Gasteiger partial charge in [0.25, 0.3) is 0 Å². The number of nitrogens with zero attached hydrogens (tertiary/aromatic N) is 1. The van der Waals surface area contributed by atoms with Gasteiger partial charge in [0.05, 0.1) is 6.54 Å². The van der Waals surface area contributed by atoms with E-state index in [4.69, 9.17) is 0 Å². The number of aromatic nitrogens is 1. The van der Waals surface area contributed by atoms with Crippen molar-refractivity contribution in [2.45, 2.75) is 6.54 Å². The predicted octanol–water partition coefficient (Wildman–Crippen LogP) is 3.51. The lowest BCUT2D eigenvalue weighted by Gasteiger charge is -2.06. The number of benzene rings is 2. The van der Waals surface area contributed by atoms with Gasteiger partial charge in [0.15, 0.2) is 12.1 Å². The molecule has 3 aromatic rings. The molecule has 0 saturated heterocycles. The van der Waals surface area contributed by atoms with Gasteiger partial charge in [-0.05, 0) is 34.7 Å². The van der Waals surface area contributed by atoms with Crippen LogP contribution in [0.4, 0.5) is 0 Å². The van der Waals surface area contributed by atoms with Gasteiger partial charge in [0.1, 0.15) is 5.69 Å². The van der Waals surface area contributed by atoms with E-state index in [1.807, 2.05) is 24.3 Å². The van der Waals surface area contributed by atoms with Crippen LogP contribution in [0.3, 0.4) is 0 Å². The number of Topliss-reactive ketones (excluding diaryl/α,β-unsaturated/α-hetero) is 2. The van der Waals surface area contributed by atoms with Crippen LogP contribution in [0.15, 0.2) is 54.7 Å². The van der Waals surface area contributed by atoms with Gasteiger partial charge in [-0.3, -0.25) is 14.4 Å². The second-order valence-electron chi connectivity index (χ2n) is 5.11. The average Bonchev–Trinajstić information content (AvgIpc) is 2.92. The number of halogens is 1. The SMILES string of the molecule is O=CC(=O)c1c2ccccc2cn1CC(=O)c1ccc(I)cc1. The normalized spacial score (nSPS) is 10.7. The third kappa shape index (κ3) is 3.10. The summed E-state index contributed by atoms with van der Waals surface area (Å²) in [5.74, 6) is -0.733. The van der Waals surface area contributed by atoms with Crippen molar-refractivity contribution in [3.63, 3.8) is 0 Å². The van der Waals surface area contributed by atoms with Gasteiger partial charge in [-0.1, -0.05) is 36.4 Å². The Morgan fingerprint density at radius 3 is 2.43 bits per heavy atom. The lowest BCUT2D eigenvalue weighted by Crippen LogP contribution is -2.15.